The zero-order chi connectivity index (χ0) is 11.3. The maximum absolute atomic E-state index is 2.35. The lowest BCUT2D eigenvalue weighted by Gasteiger charge is -2.18. The van der Waals surface area contributed by atoms with Crippen molar-refractivity contribution in [1.29, 1.82) is 0 Å². The SMILES string of the molecule is C[CH2][Al]([CH2]C)[CH2]c1ccccc1N(C)C. The molecule has 0 aliphatic carbocycles. The number of hydrogen-bond acceptors (Lipinski definition) is 1. The van der Waals surface area contributed by atoms with E-state index in [0.717, 1.165) is 0 Å². The van der Waals surface area contributed by atoms with Gasteiger partial charge in [-0.1, -0.05) is 47.9 Å². The highest BCUT2D eigenvalue weighted by Gasteiger charge is 2.14. The summed E-state index contributed by atoms with van der Waals surface area (Å²) >= 11 is -0.515. The number of nitrogens with zero attached hydrogens (tertiary/aromatic N) is 1. The van der Waals surface area contributed by atoms with Gasteiger partial charge in [-0.2, -0.15) is 0 Å². The van der Waals surface area contributed by atoms with Crippen LogP contribution in [0.4, 0.5) is 5.69 Å². The largest absolute Gasteiger partial charge is 0.377 e. The van der Waals surface area contributed by atoms with Crippen LogP contribution in [0.2, 0.25) is 10.6 Å². The molecule has 0 heterocycles. The van der Waals surface area contributed by atoms with Gasteiger partial charge in [-0.05, 0) is 11.6 Å². The van der Waals surface area contributed by atoms with Crippen molar-refractivity contribution >= 4 is 19.8 Å². The fourth-order valence-corrected chi connectivity index (χ4v) is 4.13. The second kappa shape index (κ2) is 6.20. The number of anilines is 1. The highest BCUT2D eigenvalue weighted by atomic mass is 27.2. The smallest absolute Gasteiger partial charge is 0.266 e. The zero-order valence-electron chi connectivity index (χ0n) is 10.5. The molecule has 0 N–H and O–H groups in total. The fourth-order valence-electron chi connectivity index (χ4n) is 2.01. The first-order valence-corrected chi connectivity index (χ1v) is 8.39. The van der Waals surface area contributed by atoms with Gasteiger partial charge in [0.1, 0.15) is 0 Å². The molecular weight excluding hydrogens is 197 g/mol. The molecule has 0 bridgehead atoms. The summed E-state index contributed by atoms with van der Waals surface area (Å²) in [5.41, 5.74) is 2.94. The summed E-state index contributed by atoms with van der Waals surface area (Å²) in [5.74, 6) is 0. The van der Waals surface area contributed by atoms with Crippen LogP contribution >= 0.6 is 0 Å². The van der Waals surface area contributed by atoms with Crippen LogP contribution in [0.1, 0.15) is 19.4 Å². The molecule has 2 heteroatoms. The molecule has 1 aromatic rings. The van der Waals surface area contributed by atoms with Crippen molar-refractivity contribution in [2.45, 2.75) is 29.7 Å². The van der Waals surface area contributed by atoms with Gasteiger partial charge in [0, 0.05) is 19.8 Å². The maximum atomic E-state index is 2.35. The lowest BCUT2D eigenvalue weighted by atomic mass is 10.2. The van der Waals surface area contributed by atoms with Crippen molar-refractivity contribution in [2.24, 2.45) is 0 Å². The Morgan fingerprint density at radius 2 is 1.67 bits per heavy atom. The monoisotopic (exact) mass is 219 g/mol. The van der Waals surface area contributed by atoms with E-state index in [2.05, 4.69) is 57.1 Å². The van der Waals surface area contributed by atoms with E-state index >= 15 is 0 Å². The Kier molecular flexibility index (Phi) is 5.22. The Hall–Kier alpha value is -0.448. The quantitative estimate of drug-likeness (QED) is 0.686. The summed E-state index contributed by atoms with van der Waals surface area (Å²) in [6.45, 7) is 4.69. The molecule has 15 heavy (non-hydrogen) atoms. The van der Waals surface area contributed by atoms with Crippen molar-refractivity contribution in [3.63, 3.8) is 0 Å². The summed E-state index contributed by atoms with van der Waals surface area (Å²) in [6, 6.07) is 8.82. The molecule has 0 radical (unpaired) electrons. The molecule has 0 atom stereocenters. The summed E-state index contributed by atoms with van der Waals surface area (Å²) in [4.78, 5) is 2.23. The average Bonchev–Trinajstić information content (AvgIpc) is 2.26. The Labute approximate surface area is 98.5 Å². The van der Waals surface area contributed by atoms with Gasteiger partial charge >= 0.3 is 0 Å². The highest BCUT2D eigenvalue weighted by molar-refractivity contribution is 6.58. The molecule has 82 valence electrons. The van der Waals surface area contributed by atoms with Gasteiger partial charge < -0.3 is 4.90 Å². The maximum Gasteiger partial charge on any atom is 0.266 e. The van der Waals surface area contributed by atoms with Gasteiger partial charge in [-0.25, -0.2) is 0 Å². The molecule has 0 amide bonds. The molecule has 0 aliphatic heterocycles. The molecule has 0 unspecified atom stereocenters. The lowest BCUT2D eigenvalue weighted by molar-refractivity contribution is 1.10. The first kappa shape index (κ1) is 12.6. The molecule has 0 spiro atoms. The van der Waals surface area contributed by atoms with Crippen LogP contribution in [0.3, 0.4) is 0 Å². The van der Waals surface area contributed by atoms with Crippen LogP contribution in [0.15, 0.2) is 24.3 Å². The molecule has 0 saturated carbocycles. The van der Waals surface area contributed by atoms with Gasteiger partial charge in [-0.3, -0.25) is 0 Å². The summed E-state index contributed by atoms with van der Waals surface area (Å²) in [5, 5.41) is 4.18. The van der Waals surface area contributed by atoms with Gasteiger partial charge in [0.05, 0.1) is 0 Å². The third-order valence-corrected chi connectivity index (χ3v) is 6.46. The van der Waals surface area contributed by atoms with Crippen LogP contribution in [-0.4, -0.2) is 28.2 Å². The molecule has 1 nitrogen and oxygen atoms in total. The summed E-state index contributed by atoms with van der Waals surface area (Å²) in [6.07, 6.45) is 0. The zero-order valence-corrected chi connectivity index (χ0v) is 11.6. The molecule has 1 rings (SSSR count). The van der Waals surface area contributed by atoms with Crippen molar-refractivity contribution in [3.05, 3.63) is 29.8 Å². The molecule has 0 fully saturated rings. The van der Waals surface area contributed by atoms with E-state index in [1.54, 1.807) is 5.56 Å². The van der Waals surface area contributed by atoms with Crippen molar-refractivity contribution in [3.8, 4) is 0 Å². The Bertz CT molecular complexity index is 292. The molecule has 0 aromatic heterocycles. The van der Waals surface area contributed by atoms with E-state index in [9.17, 15) is 0 Å². The second-order valence-corrected chi connectivity index (χ2v) is 8.18. The van der Waals surface area contributed by atoms with E-state index < -0.39 is 14.1 Å². The third-order valence-electron chi connectivity index (χ3n) is 3.14. The van der Waals surface area contributed by atoms with Gasteiger partial charge in [0.25, 0.3) is 14.1 Å². The highest BCUT2D eigenvalue weighted by Crippen LogP contribution is 2.20. The van der Waals surface area contributed by atoms with Crippen LogP contribution in [0, 0.1) is 0 Å². The topological polar surface area (TPSA) is 3.24 Å². The second-order valence-electron chi connectivity index (χ2n) is 4.41. The number of benzene rings is 1. The van der Waals surface area contributed by atoms with E-state index in [0.29, 0.717) is 0 Å². The predicted molar refractivity (Wildman–Crippen MR) is 71.2 cm³/mol. The summed E-state index contributed by atoms with van der Waals surface area (Å²) in [7, 11) is 4.26. The Morgan fingerprint density at radius 1 is 1.07 bits per heavy atom. The minimum absolute atomic E-state index is 0.515. The Balaban J connectivity index is 2.83. The van der Waals surface area contributed by atoms with Crippen molar-refractivity contribution in [2.75, 3.05) is 19.0 Å². The van der Waals surface area contributed by atoms with Gasteiger partial charge in [0.15, 0.2) is 0 Å². The first-order chi connectivity index (χ1) is 7.19. The van der Waals surface area contributed by atoms with E-state index in [-0.39, 0.29) is 0 Å². The third kappa shape index (κ3) is 3.56. The number of rotatable bonds is 5. The van der Waals surface area contributed by atoms with E-state index in [1.807, 2.05) is 0 Å². The molecule has 1 aromatic carbocycles. The van der Waals surface area contributed by atoms with Crippen molar-refractivity contribution < 1.29 is 0 Å². The fraction of sp³-hybridized carbons (Fsp3) is 0.538. The standard InChI is InChI=1S/C9H12N.2C2H5.Al/c1-8-6-4-5-7-9(8)10(2)3;2*1-2;/h4-7H,1H2,2-3H3;2*1H2,2H3;. The predicted octanol–water partition coefficient (Wildman–Crippen LogP) is 3.37. The molecule has 0 aliphatic rings. The normalized spacial score (nSPS) is 10.1. The number of para-hydroxylation sites is 1. The minimum Gasteiger partial charge on any atom is -0.377 e. The molecule has 0 saturated heterocycles. The lowest BCUT2D eigenvalue weighted by Crippen LogP contribution is -2.17. The van der Waals surface area contributed by atoms with Crippen LogP contribution < -0.4 is 4.90 Å². The van der Waals surface area contributed by atoms with Gasteiger partial charge in [0.2, 0.25) is 0 Å². The Morgan fingerprint density at radius 3 is 2.20 bits per heavy atom. The first-order valence-electron chi connectivity index (χ1n) is 5.94. The van der Waals surface area contributed by atoms with E-state index in [1.165, 1.54) is 21.5 Å². The minimum atomic E-state index is -0.515. The van der Waals surface area contributed by atoms with Crippen LogP contribution in [0.5, 0.6) is 0 Å². The average molecular weight is 219 g/mol. The molecular formula is C13H22AlN. The van der Waals surface area contributed by atoms with E-state index in [4.69, 9.17) is 0 Å². The van der Waals surface area contributed by atoms with Gasteiger partial charge in [-0.15, -0.1) is 0 Å². The van der Waals surface area contributed by atoms with Crippen LogP contribution in [0.25, 0.3) is 0 Å². The summed E-state index contributed by atoms with van der Waals surface area (Å²) < 4.78 is 0. The van der Waals surface area contributed by atoms with Crippen LogP contribution in [-0.2, 0) is 5.28 Å². The number of hydrogen-bond donors (Lipinski definition) is 0. The van der Waals surface area contributed by atoms with Crippen molar-refractivity contribution in [1.82, 2.24) is 0 Å².